The van der Waals surface area contributed by atoms with Gasteiger partial charge in [-0.15, -0.1) is 0 Å². The number of pyridine rings is 1. The summed E-state index contributed by atoms with van der Waals surface area (Å²) in [6, 6.07) is 0. The van der Waals surface area contributed by atoms with Gasteiger partial charge in [-0.3, -0.25) is 4.79 Å². The molecule has 0 fully saturated rings. The molecule has 0 aliphatic rings. The van der Waals surface area contributed by atoms with Crippen molar-refractivity contribution in [3.8, 4) is 0 Å². The van der Waals surface area contributed by atoms with Crippen molar-refractivity contribution < 1.29 is 4.39 Å². The van der Waals surface area contributed by atoms with Crippen LogP contribution in [0.15, 0.2) is 9.95 Å². The minimum atomic E-state index is -0.845. The Bertz CT molecular complexity index is 632. The first kappa shape index (κ1) is 14.2. The maximum Gasteiger partial charge on any atom is 0.262 e. The number of halogens is 3. The molecule has 0 unspecified atom stereocenters. The lowest BCUT2D eigenvalue weighted by atomic mass is 10.3. The van der Waals surface area contributed by atoms with Gasteiger partial charge < -0.3 is 4.98 Å². The molecule has 0 amide bonds. The summed E-state index contributed by atoms with van der Waals surface area (Å²) in [5.41, 5.74) is -0.708. The van der Waals surface area contributed by atoms with E-state index in [1.54, 1.807) is 6.26 Å². The predicted molar refractivity (Wildman–Crippen MR) is 68.6 cm³/mol. The first-order chi connectivity index (χ1) is 7.54. The summed E-state index contributed by atoms with van der Waals surface area (Å²) in [5, 5.41) is -0.374. The Morgan fingerprint density at radius 3 is 2.53 bits per heavy atom. The standard InChI is InChI=1S/C8H4Cl2FN3OS.CH4/c1-16-8-12-4-2(7(15)14-8)5(9)13-6(10)3(4)11;/h1H3,(H,12,14,15);1H4. The number of thioether (sulfide) groups is 1. The van der Waals surface area contributed by atoms with Crippen molar-refractivity contribution in [1.29, 1.82) is 0 Å². The summed E-state index contributed by atoms with van der Waals surface area (Å²) in [6.07, 6.45) is 1.70. The van der Waals surface area contributed by atoms with E-state index in [0.29, 0.717) is 0 Å². The third-order valence-corrected chi connectivity index (χ3v) is 2.99. The van der Waals surface area contributed by atoms with E-state index in [1.165, 1.54) is 11.8 Å². The van der Waals surface area contributed by atoms with E-state index in [0.717, 1.165) is 0 Å². The van der Waals surface area contributed by atoms with E-state index in [4.69, 9.17) is 23.2 Å². The highest BCUT2D eigenvalue weighted by molar-refractivity contribution is 7.98. The van der Waals surface area contributed by atoms with Gasteiger partial charge in [0, 0.05) is 0 Å². The van der Waals surface area contributed by atoms with Gasteiger partial charge in [0.25, 0.3) is 5.56 Å². The molecule has 0 saturated carbocycles. The van der Waals surface area contributed by atoms with Crippen LogP contribution in [0.25, 0.3) is 10.9 Å². The molecule has 0 bridgehead atoms. The van der Waals surface area contributed by atoms with Gasteiger partial charge in [-0.2, -0.15) is 0 Å². The Morgan fingerprint density at radius 2 is 1.94 bits per heavy atom. The first-order valence-corrected chi connectivity index (χ1v) is 6.01. The van der Waals surface area contributed by atoms with Crippen LogP contribution in [0.4, 0.5) is 4.39 Å². The van der Waals surface area contributed by atoms with Gasteiger partial charge in [0.15, 0.2) is 16.1 Å². The fourth-order valence-corrected chi connectivity index (χ4v) is 2.04. The molecule has 0 atom stereocenters. The number of nitrogens with zero attached hydrogens (tertiary/aromatic N) is 2. The monoisotopic (exact) mass is 295 g/mol. The van der Waals surface area contributed by atoms with Crippen molar-refractivity contribution in [3.05, 3.63) is 26.5 Å². The summed E-state index contributed by atoms with van der Waals surface area (Å²) in [6.45, 7) is 0. The molecule has 2 heterocycles. The van der Waals surface area contributed by atoms with Crippen LogP contribution in [0.3, 0.4) is 0 Å². The van der Waals surface area contributed by atoms with Crippen LogP contribution in [-0.4, -0.2) is 21.2 Å². The maximum atomic E-state index is 13.6. The summed E-state index contributed by atoms with van der Waals surface area (Å²) in [7, 11) is 0. The smallest absolute Gasteiger partial charge is 0.262 e. The number of nitrogens with one attached hydrogen (secondary N) is 1. The molecule has 0 aliphatic heterocycles. The average Bonchev–Trinajstić information content (AvgIpc) is 2.24. The Morgan fingerprint density at radius 1 is 1.29 bits per heavy atom. The number of rotatable bonds is 1. The number of H-pyrrole nitrogens is 1. The summed E-state index contributed by atoms with van der Waals surface area (Å²) in [4.78, 5) is 21.5. The molecule has 0 aliphatic carbocycles. The van der Waals surface area contributed by atoms with E-state index < -0.39 is 16.5 Å². The molecule has 17 heavy (non-hydrogen) atoms. The van der Waals surface area contributed by atoms with Crippen molar-refractivity contribution in [1.82, 2.24) is 15.0 Å². The quantitative estimate of drug-likeness (QED) is 0.499. The van der Waals surface area contributed by atoms with Crippen LogP contribution in [0, 0.1) is 5.82 Å². The molecular formula is C9H8Cl2FN3OS. The van der Waals surface area contributed by atoms with E-state index >= 15 is 0 Å². The van der Waals surface area contributed by atoms with Gasteiger partial charge in [0.05, 0.1) is 0 Å². The van der Waals surface area contributed by atoms with Gasteiger partial charge in [0.1, 0.15) is 16.1 Å². The first-order valence-electron chi connectivity index (χ1n) is 4.03. The van der Waals surface area contributed by atoms with Crippen molar-refractivity contribution in [3.63, 3.8) is 0 Å². The Kier molecular flexibility index (Phi) is 4.35. The van der Waals surface area contributed by atoms with Gasteiger partial charge in [-0.05, 0) is 6.26 Å². The summed E-state index contributed by atoms with van der Waals surface area (Å²) >= 11 is 12.4. The molecule has 0 radical (unpaired) electrons. The SMILES string of the molecule is C.CSc1nc2c(F)c(Cl)nc(Cl)c2c(=O)[nH]1. The van der Waals surface area contributed by atoms with Crippen LogP contribution in [-0.2, 0) is 0 Å². The molecule has 0 aromatic carbocycles. The normalized spacial score (nSPS) is 10.4. The molecule has 2 rings (SSSR count). The Labute approximate surface area is 111 Å². The van der Waals surface area contributed by atoms with E-state index in [9.17, 15) is 9.18 Å². The van der Waals surface area contributed by atoms with Crippen LogP contribution in [0.2, 0.25) is 10.3 Å². The fourth-order valence-electron chi connectivity index (χ4n) is 1.19. The second-order valence-corrected chi connectivity index (χ2v) is 4.32. The van der Waals surface area contributed by atoms with Gasteiger partial charge in [0.2, 0.25) is 0 Å². The molecule has 92 valence electrons. The molecule has 0 saturated heterocycles. The number of hydrogen-bond acceptors (Lipinski definition) is 4. The zero-order chi connectivity index (χ0) is 11.9. The topological polar surface area (TPSA) is 58.6 Å². The molecule has 8 heteroatoms. The molecule has 2 aromatic rings. The highest BCUT2D eigenvalue weighted by atomic mass is 35.5. The maximum absolute atomic E-state index is 13.6. The van der Waals surface area contributed by atoms with Crippen molar-refractivity contribution in [2.45, 2.75) is 12.6 Å². The predicted octanol–water partition coefficient (Wildman–Crippen LogP) is 3.12. The van der Waals surface area contributed by atoms with E-state index in [1.807, 2.05) is 0 Å². The van der Waals surface area contributed by atoms with Crippen molar-refractivity contribution in [2.75, 3.05) is 6.26 Å². The lowest BCUT2D eigenvalue weighted by Crippen LogP contribution is -2.11. The summed E-state index contributed by atoms with van der Waals surface area (Å²) in [5.74, 6) is -0.845. The third kappa shape index (κ3) is 2.38. The molecule has 4 nitrogen and oxygen atoms in total. The van der Waals surface area contributed by atoms with Gasteiger partial charge in [-0.1, -0.05) is 42.4 Å². The van der Waals surface area contributed by atoms with Gasteiger partial charge >= 0.3 is 0 Å². The minimum Gasteiger partial charge on any atom is -0.301 e. The second kappa shape index (κ2) is 5.20. The average molecular weight is 296 g/mol. The molecule has 2 aromatic heterocycles. The fraction of sp³-hybridized carbons (Fsp3) is 0.222. The zero-order valence-electron chi connectivity index (χ0n) is 7.84. The zero-order valence-corrected chi connectivity index (χ0v) is 10.2. The van der Waals surface area contributed by atoms with Crippen LogP contribution in [0.1, 0.15) is 7.43 Å². The Hall–Kier alpha value is -0.850. The number of fused-ring (bicyclic) bond motifs is 1. The van der Waals surface area contributed by atoms with Crippen LogP contribution < -0.4 is 5.56 Å². The van der Waals surface area contributed by atoms with Crippen LogP contribution in [0.5, 0.6) is 0 Å². The van der Waals surface area contributed by atoms with Crippen molar-refractivity contribution in [2.24, 2.45) is 0 Å². The minimum absolute atomic E-state index is 0. The molecule has 0 spiro atoms. The van der Waals surface area contributed by atoms with Gasteiger partial charge in [-0.25, -0.2) is 14.4 Å². The second-order valence-electron chi connectivity index (χ2n) is 2.81. The molecule has 1 N–H and O–H groups in total. The third-order valence-electron chi connectivity index (χ3n) is 1.88. The largest absolute Gasteiger partial charge is 0.301 e. The highest BCUT2D eigenvalue weighted by Crippen LogP contribution is 2.25. The lowest BCUT2D eigenvalue weighted by Gasteiger charge is -2.03. The van der Waals surface area contributed by atoms with E-state index in [-0.39, 0.29) is 28.6 Å². The summed E-state index contributed by atoms with van der Waals surface area (Å²) < 4.78 is 13.6. The van der Waals surface area contributed by atoms with Crippen molar-refractivity contribution >= 4 is 45.9 Å². The Balaban J connectivity index is 0.00000144. The molecular weight excluding hydrogens is 288 g/mol. The highest BCUT2D eigenvalue weighted by Gasteiger charge is 2.16. The number of aromatic nitrogens is 3. The number of aromatic amines is 1. The van der Waals surface area contributed by atoms with E-state index in [2.05, 4.69) is 15.0 Å². The lowest BCUT2D eigenvalue weighted by molar-refractivity contribution is 0.629. The van der Waals surface area contributed by atoms with Crippen LogP contribution >= 0.6 is 35.0 Å². The number of hydrogen-bond donors (Lipinski definition) is 1.